The van der Waals surface area contributed by atoms with Crippen LogP contribution in [0.5, 0.6) is 5.75 Å². The molecule has 24 heavy (non-hydrogen) atoms. The van der Waals surface area contributed by atoms with Gasteiger partial charge in [-0.1, -0.05) is 0 Å². The van der Waals surface area contributed by atoms with E-state index in [-0.39, 0.29) is 17.2 Å². The van der Waals surface area contributed by atoms with Gasteiger partial charge in [0.25, 0.3) is 0 Å². The highest BCUT2D eigenvalue weighted by Crippen LogP contribution is 2.45. The van der Waals surface area contributed by atoms with Crippen LogP contribution in [0.15, 0.2) is 28.1 Å². The summed E-state index contributed by atoms with van der Waals surface area (Å²) in [5, 5.41) is -0.480. The average Bonchev–Trinajstić information content (AvgIpc) is 2.44. The molecule has 1 atom stereocenters. The van der Waals surface area contributed by atoms with Crippen molar-refractivity contribution in [3.63, 3.8) is 0 Å². The summed E-state index contributed by atoms with van der Waals surface area (Å²) in [6, 6.07) is 4.03. The van der Waals surface area contributed by atoms with E-state index in [4.69, 9.17) is 0 Å². The molecule has 2 heterocycles. The van der Waals surface area contributed by atoms with Crippen LogP contribution < -0.4 is 4.74 Å². The summed E-state index contributed by atoms with van der Waals surface area (Å²) >= 11 is 1.24. The fourth-order valence-electron chi connectivity index (χ4n) is 3.17. The largest absolute Gasteiger partial charge is 0.573 e. The Morgan fingerprint density at radius 1 is 1.42 bits per heavy atom. The summed E-state index contributed by atoms with van der Waals surface area (Å²) in [6.45, 7) is 6.49. The lowest BCUT2D eigenvalue weighted by molar-refractivity contribution is -0.274. The number of aliphatic imine (C=N–C) groups is 1. The number of likely N-dealkylation sites (tertiary alicyclic amines) is 1. The third kappa shape index (κ3) is 3.11. The van der Waals surface area contributed by atoms with Gasteiger partial charge >= 0.3 is 6.36 Å². The lowest BCUT2D eigenvalue weighted by Gasteiger charge is -2.46. The lowest BCUT2D eigenvalue weighted by atomic mass is 9.88. The van der Waals surface area contributed by atoms with Crippen molar-refractivity contribution in [2.45, 2.75) is 49.2 Å². The van der Waals surface area contributed by atoms with E-state index in [2.05, 4.69) is 9.73 Å². The zero-order valence-electron chi connectivity index (χ0n) is 13.5. The van der Waals surface area contributed by atoms with Gasteiger partial charge in [-0.25, -0.2) is 0 Å². The number of ether oxygens (including phenoxy) is 1. The third-order valence-electron chi connectivity index (χ3n) is 4.13. The predicted molar refractivity (Wildman–Crippen MR) is 85.9 cm³/mol. The minimum Gasteiger partial charge on any atom is -0.406 e. The average molecular weight is 358 g/mol. The molecule has 3 rings (SSSR count). The molecular formula is C16H17F3N2O2S. The number of hydrogen-bond acceptors (Lipinski definition) is 4. The molecule has 1 unspecified atom stereocenters. The molecule has 8 heteroatoms. The number of carbonyl (C=O) groups excluding carboxylic acids is 1. The Balaban J connectivity index is 1.95. The Hall–Kier alpha value is -1.70. The molecule has 0 N–H and O–H groups in total. The third-order valence-corrected chi connectivity index (χ3v) is 5.42. The molecule has 1 aromatic rings. The molecule has 130 valence electrons. The van der Waals surface area contributed by atoms with Gasteiger partial charge < -0.3 is 9.64 Å². The van der Waals surface area contributed by atoms with E-state index in [0.717, 1.165) is 5.71 Å². The van der Waals surface area contributed by atoms with Gasteiger partial charge in [-0.3, -0.25) is 9.79 Å². The maximum atomic E-state index is 12.7. The van der Waals surface area contributed by atoms with E-state index >= 15 is 0 Å². The van der Waals surface area contributed by atoms with Gasteiger partial charge in [-0.15, -0.1) is 24.9 Å². The van der Waals surface area contributed by atoms with Crippen molar-refractivity contribution in [1.29, 1.82) is 0 Å². The second kappa shape index (κ2) is 5.68. The topological polar surface area (TPSA) is 41.9 Å². The molecule has 0 bridgehead atoms. The number of carbonyl (C=O) groups is 1. The summed E-state index contributed by atoms with van der Waals surface area (Å²) in [5.74, 6) is -0.353. The fraction of sp³-hybridized carbons (Fsp3) is 0.500. The fourth-order valence-corrected chi connectivity index (χ4v) is 4.35. The Morgan fingerprint density at radius 3 is 2.75 bits per heavy atom. The van der Waals surface area contributed by atoms with Crippen molar-refractivity contribution < 1.29 is 22.7 Å². The van der Waals surface area contributed by atoms with Crippen LogP contribution in [0.2, 0.25) is 0 Å². The van der Waals surface area contributed by atoms with E-state index in [1.807, 2.05) is 20.8 Å². The second-order valence-corrected chi connectivity index (χ2v) is 7.50. The molecule has 0 aromatic heterocycles. The quantitative estimate of drug-likeness (QED) is 0.797. The zero-order chi connectivity index (χ0) is 17.7. The molecule has 1 amide bonds. The highest BCUT2D eigenvalue weighted by molar-refractivity contribution is 8.01. The molecule has 0 aliphatic carbocycles. The number of alkyl halides is 3. The maximum Gasteiger partial charge on any atom is 0.573 e. The zero-order valence-corrected chi connectivity index (χ0v) is 14.3. The number of amides is 1. The SMILES string of the molecule is CCN1C(=O)C2Sc3cc(OC(F)(F)F)ccc3N=C2CC1(C)C. The summed E-state index contributed by atoms with van der Waals surface area (Å²) < 4.78 is 41.1. The Labute approximate surface area is 142 Å². The molecule has 0 radical (unpaired) electrons. The maximum absolute atomic E-state index is 12.7. The summed E-state index contributed by atoms with van der Waals surface area (Å²) in [5.41, 5.74) is 1.03. The van der Waals surface area contributed by atoms with Gasteiger partial charge in [-0.2, -0.15) is 0 Å². The second-order valence-electron chi connectivity index (χ2n) is 6.35. The minimum atomic E-state index is -4.74. The van der Waals surface area contributed by atoms with Crippen LogP contribution in [-0.4, -0.2) is 40.2 Å². The Kier molecular flexibility index (Phi) is 4.06. The molecule has 0 spiro atoms. The van der Waals surface area contributed by atoms with Gasteiger partial charge in [0.1, 0.15) is 11.0 Å². The Morgan fingerprint density at radius 2 is 2.12 bits per heavy atom. The number of piperidine rings is 1. The smallest absolute Gasteiger partial charge is 0.406 e. The van der Waals surface area contributed by atoms with E-state index < -0.39 is 11.6 Å². The van der Waals surface area contributed by atoms with Gasteiger partial charge in [0.05, 0.1) is 5.69 Å². The highest BCUT2D eigenvalue weighted by atomic mass is 32.2. The van der Waals surface area contributed by atoms with E-state index in [1.54, 1.807) is 4.90 Å². The first-order valence-electron chi connectivity index (χ1n) is 7.56. The van der Waals surface area contributed by atoms with Crippen LogP contribution in [0, 0.1) is 0 Å². The summed E-state index contributed by atoms with van der Waals surface area (Å²) in [6.07, 6.45) is -4.10. The number of rotatable bonds is 2. The van der Waals surface area contributed by atoms with Crippen LogP contribution in [0.3, 0.4) is 0 Å². The van der Waals surface area contributed by atoms with E-state index in [1.165, 1.54) is 30.0 Å². The van der Waals surface area contributed by atoms with Crippen LogP contribution in [0.1, 0.15) is 27.2 Å². The molecule has 4 nitrogen and oxygen atoms in total. The van der Waals surface area contributed by atoms with Crippen molar-refractivity contribution >= 4 is 29.1 Å². The van der Waals surface area contributed by atoms with Gasteiger partial charge in [-0.05, 0) is 39.0 Å². The van der Waals surface area contributed by atoms with Crippen LogP contribution in [0.25, 0.3) is 0 Å². The normalized spacial score (nSPS) is 22.6. The monoisotopic (exact) mass is 358 g/mol. The number of thioether (sulfide) groups is 1. The van der Waals surface area contributed by atoms with Crippen LogP contribution in [0.4, 0.5) is 18.9 Å². The van der Waals surface area contributed by atoms with Crippen molar-refractivity contribution in [1.82, 2.24) is 4.90 Å². The summed E-state index contributed by atoms with van der Waals surface area (Å²) in [4.78, 5) is 19.6. The molecular weight excluding hydrogens is 341 g/mol. The molecule has 1 saturated heterocycles. The number of hydrogen-bond donors (Lipinski definition) is 0. The number of nitrogens with zero attached hydrogens (tertiary/aromatic N) is 2. The number of halogens is 3. The molecule has 2 aliphatic heterocycles. The first kappa shape index (κ1) is 17.1. The van der Waals surface area contributed by atoms with Crippen molar-refractivity contribution in [3.05, 3.63) is 18.2 Å². The Bertz CT molecular complexity index is 716. The first-order chi connectivity index (χ1) is 11.1. The van der Waals surface area contributed by atoms with Crippen molar-refractivity contribution in [2.75, 3.05) is 6.54 Å². The van der Waals surface area contributed by atoms with Crippen LogP contribution >= 0.6 is 11.8 Å². The minimum absolute atomic E-state index is 0.0507. The number of benzene rings is 1. The molecule has 2 aliphatic rings. The van der Waals surface area contributed by atoms with E-state index in [0.29, 0.717) is 23.5 Å². The lowest BCUT2D eigenvalue weighted by Crippen LogP contribution is -2.59. The number of fused-ring (bicyclic) bond motifs is 2. The van der Waals surface area contributed by atoms with E-state index in [9.17, 15) is 18.0 Å². The predicted octanol–water partition coefficient (Wildman–Crippen LogP) is 4.16. The van der Waals surface area contributed by atoms with Gasteiger partial charge in [0.2, 0.25) is 5.91 Å². The summed E-state index contributed by atoms with van der Waals surface area (Å²) in [7, 11) is 0. The van der Waals surface area contributed by atoms with Gasteiger partial charge in [0.15, 0.2) is 0 Å². The molecule has 1 aromatic carbocycles. The van der Waals surface area contributed by atoms with Crippen molar-refractivity contribution in [2.24, 2.45) is 4.99 Å². The van der Waals surface area contributed by atoms with Crippen molar-refractivity contribution in [3.8, 4) is 5.75 Å². The molecule has 1 fully saturated rings. The molecule has 0 saturated carbocycles. The highest BCUT2D eigenvalue weighted by Gasteiger charge is 2.45. The standard InChI is InChI=1S/C16H17F3N2O2S/c1-4-21-14(22)13-11(8-15(21,2)3)20-10-6-5-9(7-12(10)24-13)23-16(17,18)19/h5-7,13H,4,8H2,1-3H3. The van der Waals surface area contributed by atoms with Gasteiger partial charge in [0, 0.05) is 29.1 Å². The first-order valence-corrected chi connectivity index (χ1v) is 8.44. The van der Waals surface area contributed by atoms with Crippen LogP contribution in [-0.2, 0) is 4.79 Å².